The van der Waals surface area contributed by atoms with Crippen molar-refractivity contribution < 1.29 is 9.84 Å². The number of methoxy groups -OCH3 is 1. The number of aromatic nitrogens is 1. The second-order valence-corrected chi connectivity index (χ2v) is 4.55. The molecule has 2 rings (SSSR count). The number of rotatable bonds is 6. The third kappa shape index (κ3) is 4.07. The molecule has 0 aliphatic rings. The molecule has 0 bridgehead atoms. The van der Waals surface area contributed by atoms with E-state index >= 15 is 0 Å². The van der Waals surface area contributed by atoms with E-state index in [0.29, 0.717) is 5.75 Å². The van der Waals surface area contributed by atoms with E-state index in [9.17, 15) is 5.11 Å². The van der Waals surface area contributed by atoms with Crippen LogP contribution in [-0.4, -0.2) is 17.2 Å². The molecule has 1 N–H and O–H groups in total. The highest BCUT2D eigenvalue weighted by Crippen LogP contribution is 2.22. The second kappa shape index (κ2) is 6.90. The van der Waals surface area contributed by atoms with Crippen molar-refractivity contribution in [3.8, 4) is 5.75 Å². The molecule has 2 aromatic rings. The Balaban J connectivity index is 1.85. The van der Waals surface area contributed by atoms with Crippen LogP contribution in [0.2, 0.25) is 0 Å². The standard InChI is InChI=1S/C16H19NO2/c1-19-15-10-14(11-17-12-15)16(18)9-5-8-13-6-3-2-4-7-13/h2-4,6-7,10-12,16,18H,5,8-9H2,1H3. The van der Waals surface area contributed by atoms with E-state index in [4.69, 9.17) is 4.74 Å². The summed E-state index contributed by atoms with van der Waals surface area (Å²) in [6.45, 7) is 0. The van der Waals surface area contributed by atoms with Crippen LogP contribution in [0.15, 0.2) is 48.8 Å². The lowest BCUT2D eigenvalue weighted by Gasteiger charge is -2.11. The summed E-state index contributed by atoms with van der Waals surface area (Å²) < 4.78 is 5.11. The molecule has 3 heteroatoms. The highest BCUT2D eigenvalue weighted by Gasteiger charge is 2.08. The zero-order chi connectivity index (χ0) is 13.5. The first kappa shape index (κ1) is 13.6. The summed E-state index contributed by atoms with van der Waals surface area (Å²) in [5.41, 5.74) is 2.12. The smallest absolute Gasteiger partial charge is 0.137 e. The van der Waals surface area contributed by atoms with Crippen molar-refractivity contribution in [2.24, 2.45) is 0 Å². The van der Waals surface area contributed by atoms with Crippen molar-refractivity contribution in [3.63, 3.8) is 0 Å². The van der Waals surface area contributed by atoms with Gasteiger partial charge < -0.3 is 9.84 Å². The summed E-state index contributed by atoms with van der Waals surface area (Å²) in [6, 6.07) is 12.1. The quantitative estimate of drug-likeness (QED) is 0.864. The van der Waals surface area contributed by atoms with Gasteiger partial charge in [0, 0.05) is 11.8 Å². The molecular weight excluding hydrogens is 238 g/mol. The van der Waals surface area contributed by atoms with Crippen molar-refractivity contribution in [2.45, 2.75) is 25.4 Å². The Kier molecular flexibility index (Phi) is 4.93. The average Bonchev–Trinajstić information content (AvgIpc) is 2.48. The van der Waals surface area contributed by atoms with Gasteiger partial charge in [0.2, 0.25) is 0 Å². The van der Waals surface area contributed by atoms with Gasteiger partial charge in [-0.2, -0.15) is 0 Å². The summed E-state index contributed by atoms with van der Waals surface area (Å²) >= 11 is 0. The first-order valence-electron chi connectivity index (χ1n) is 6.50. The second-order valence-electron chi connectivity index (χ2n) is 4.55. The predicted molar refractivity (Wildman–Crippen MR) is 75.1 cm³/mol. The van der Waals surface area contributed by atoms with Gasteiger partial charge in [0.05, 0.1) is 19.4 Å². The van der Waals surface area contributed by atoms with E-state index in [1.54, 1.807) is 19.5 Å². The first-order valence-corrected chi connectivity index (χ1v) is 6.50. The first-order chi connectivity index (χ1) is 9.29. The van der Waals surface area contributed by atoms with Gasteiger partial charge in [0.15, 0.2) is 0 Å². The fourth-order valence-corrected chi connectivity index (χ4v) is 2.04. The molecule has 0 fully saturated rings. The fraction of sp³-hybridized carbons (Fsp3) is 0.312. The number of benzene rings is 1. The Morgan fingerprint density at radius 3 is 2.74 bits per heavy atom. The Bertz CT molecular complexity index is 499. The van der Waals surface area contributed by atoms with Crippen LogP contribution in [0.4, 0.5) is 0 Å². The van der Waals surface area contributed by atoms with E-state index in [2.05, 4.69) is 17.1 Å². The molecule has 0 saturated heterocycles. The van der Waals surface area contributed by atoms with E-state index in [1.807, 2.05) is 24.3 Å². The van der Waals surface area contributed by atoms with E-state index in [1.165, 1.54) is 5.56 Å². The maximum atomic E-state index is 10.1. The number of hydrogen-bond acceptors (Lipinski definition) is 3. The van der Waals surface area contributed by atoms with Crippen LogP contribution in [0.5, 0.6) is 5.75 Å². The molecule has 0 radical (unpaired) electrons. The maximum absolute atomic E-state index is 10.1. The third-order valence-corrected chi connectivity index (χ3v) is 3.14. The highest BCUT2D eigenvalue weighted by atomic mass is 16.5. The van der Waals surface area contributed by atoms with Crippen LogP contribution in [0.25, 0.3) is 0 Å². The van der Waals surface area contributed by atoms with Crippen molar-refractivity contribution >= 4 is 0 Å². The Hall–Kier alpha value is -1.87. The number of aryl methyl sites for hydroxylation is 1. The number of aliphatic hydroxyl groups is 1. The molecule has 3 nitrogen and oxygen atoms in total. The fourth-order valence-electron chi connectivity index (χ4n) is 2.04. The van der Waals surface area contributed by atoms with Gasteiger partial charge in [0.1, 0.15) is 5.75 Å². The molecule has 1 heterocycles. The Morgan fingerprint density at radius 1 is 1.21 bits per heavy atom. The lowest BCUT2D eigenvalue weighted by molar-refractivity contribution is 0.164. The molecule has 0 amide bonds. The molecule has 1 atom stereocenters. The molecule has 0 aliphatic heterocycles. The van der Waals surface area contributed by atoms with E-state index in [-0.39, 0.29) is 0 Å². The van der Waals surface area contributed by atoms with Crippen LogP contribution in [0.1, 0.15) is 30.1 Å². The Labute approximate surface area is 113 Å². The third-order valence-electron chi connectivity index (χ3n) is 3.14. The van der Waals surface area contributed by atoms with Crippen LogP contribution in [-0.2, 0) is 6.42 Å². The van der Waals surface area contributed by atoms with Crippen LogP contribution in [0.3, 0.4) is 0 Å². The Morgan fingerprint density at radius 2 is 2.00 bits per heavy atom. The van der Waals surface area contributed by atoms with Gasteiger partial charge in [-0.1, -0.05) is 30.3 Å². The summed E-state index contributed by atoms with van der Waals surface area (Å²) in [6.07, 6.45) is 5.50. The van der Waals surface area contributed by atoms with Gasteiger partial charge in [-0.05, 0) is 30.9 Å². The summed E-state index contributed by atoms with van der Waals surface area (Å²) in [5.74, 6) is 0.680. The zero-order valence-corrected chi connectivity index (χ0v) is 11.1. The molecule has 0 aliphatic carbocycles. The number of nitrogens with zero attached hydrogens (tertiary/aromatic N) is 1. The number of ether oxygens (including phenoxy) is 1. The van der Waals surface area contributed by atoms with Crippen LogP contribution in [0, 0.1) is 0 Å². The molecule has 1 unspecified atom stereocenters. The molecule has 0 spiro atoms. The summed E-state index contributed by atoms with van der Waals surface area (Å²) in [5, 5.41) is 10.1. The monoisotopic (exact) mass is 257 g/mol. The molecule has 0 saturated carbocycles. The number of hydrogen-bond donors (Lipinski definition) is 1. The number of pyridine rings is 1. The van der Waals surface area contributed by atoms with Crippen molar-refractivity contribution in [2.75, 3.05) is 7.11 Å². The van der Waals surface area contributed by atoms with Gasteiger partial charge in [-0.25, -0.2) is 0 Å². The van der Waals surface area contributed by atoms with Crippen LogP contribution < -0.4 is 4.74 Å². The van der Waals surface area contributed by atoms with Gasteiger partial charge in [0.25, 0.3) is 0 Å². The summed E-state index contributed by atoms with van der Waals surface area (Å²) in [7, 11) is 1.60. The molecule has 1 aromatic heterocycles. The van der Waals surface area contributed by atoms with Crippen molar-refractivity contribution in [1.82, 2.24) is 4.98 Å². The molecule has 1 aromatic carbocycles. The lowest BCUT2D eigenvalue weighted by Crippen LogP contribution is -2.00. The minimum atomic E-state index is -0.480. The normalized spacial score (nSPS) is 12.1. The van der Waals surface area contributed by atoms with Gasteiger partial charge in [-0.3, -0.25) is 4.98 Å². The topological polar surface area (TPSA) is 42.4 Å². The molecule has 19 heavy (non-hydrogen) atoms. The maximum Gasteiger partial charge on any atom is 0.137 e. The predicted octanol–water partition coefficient (Wildman–Crippen LogP) is 3.15. The number of aliphatic hydroxyl groups excluding tert-OH is 1. The molecule has 100 valence electrons. The molecular formula is C16H19NO2. The summed E-state index contributed by atoms with van der Waals surface area (Å²) in [4.78, 5) is 4.06. The van der Waals surface area contributed by atoms with E-state index < -0.39 is 6.10 Å². The highest BCUT2D eigenvalue weighted by molar-refractivity contribution is 5.25. The minimum Gasteiger partial charge on any atom is -0.495 e. The largest absolute Gasteiger partial charge is 0.495 e. The zero-order valence-electron chi connectivity index (χ0n) is 11.1. The minimum absolute atomic E-state index is 0.480. The lowest BCUT2D eigenvalue weighted by atomic mass is 10.0. The van der Waals surface area contributed by atoms with Crippen molar-refractivity contribution in [1.29, 1.82) is 0 Å². The van der Waals surface area contributed by atoms with E-state index in [0.717, 1.165) is 24.8 Å². The van der Waals surface area contributed by atoms with Gasteiger partial charge >= 0.3 is 0 Å². The average molecular weight is 257 g/mol. The van der Waals surface area contributed by atoms with Crippen molar-refractivity contribution in [3.05, 3.63) is 59.9 Å². The van der Waals surface area contributed by atoms with Gasteiger partial charge in [-0.15, -0.1) is 0 Å². The van der Waals surface area contributed by atoms with Crippen LogP contribution >= 0.6 is 0 Å². The SMILES string of the molecule is COc1cncc(C(O)CCCc2ccccc2)c1.